The number of pyridine rings is 1. The highest BCUT2D eigenvalue weighted by atomic mass is 35.5. The van der Waals surface area contributed by atoms with Crippen LogP contribution in [-0.4, -0.2) is 54.5 Å². The van der Waals surface area contributed by atoms with Crippen molar-refractivity contribution in [3.05, 3.63) is 83.0 Å². The third-order valence-electron chi connectivity index (χ3n) is 5.57. The van der Waals surface area contributed by atoms with Crippen LogP contribution in [-0.2, 0) is 11.0 Å². The summed E-state index contributed by atoms with van der Waals surface area (Å²) in [5.74, 6) is 0.566. The largest absolute Gasteiger partial charge is 0.484 e. The maximum absolute atomic E-state index is 12.7. The zero-order valence-corrected chi connectivity index (χ0v) is 19.7. The highest BCUT2D eigenvalue weighted by Gasteiger charge is 2.30. The monoisotopic (exact) mass is 518 g/mol. The standard InChI is InChI=1S/C25H22ClF3N4O3/c26-19-5-8-21(9-6-19)36-16-23(34)31-20-7-10-22(30-15-20)32-11-13-33(14-12-32)24(35)17-1-3-18(4-2-17)25(27,28)29/h1-10,15H,11-14,16H2,(H,31,34). The Morgan fingerprint density at radius 2 is 1.61 bits per heavy atom. The summed E-state index contributed by atoms with van der Waals surface area (Å²) in [5, 5.41) is 3.29. The van der Waals surface area contributed by atoms with Crippen molar-refractivity contribution in [1.82, 2.24) is 9.88 Å². The number of hydrogen-bond acceptors (Lipinski definition) is 5. The average Bonchev–Trinajstić information content (AvgIpc) is 2.88. The second-order valence-electron chi connectivity index (χ2n) is 8.05. The molecule has 1 aliphatic heterocycles. The van der Waals surface area contributed by atoms with E-state index >= 15 is 0 Å². The lowest BCUT2D eigenvalue weighted by Gasteiger charge is -2.35. The summed E-state index contributed by atoms with van der Waals surface area (Å²) < 4.78 is 43.6. The van der Waals surface area contributed by atoms with Crippen molar-refractivity contribution < 1.29 is 27.5 Å². The molecule has 1 aliphatic rings. The number of amides is 2. The van der Waals surface area contributed by atoms with E-state index in [-0.39, 0.29) is 24.0 Å². The van der Waals surface area contributed by atoms with Gasteiger partial charge in [0, 0.05) is 36.8 Å². The number of nitrogens with zero attached hydrogens (tertiary/aromatic N) is 3. The number of carbonyl (C=O) groups excluding carboxylic acids is 2. The van der Waals surface area contributed by atoms with E-state index in [2.05, 4.69) is 10.3 Å². The van der Waals surface area contributed by atoms with E-state index in [0.717, 1.165) is 12.1 Å². The van der Waals surface area contributed by atoms with Gasteiger partial charge in [-0.2, -0.15) is 13.2 Å². The molecule has 36 heavy (non-hydrogen) atoms. The molecule has 2 heterocycles. The lowest BCUT2D eigenvalue weighted by atomic mass is 10.1. The van der Waals surface area contributed by atoms with Gasteiger partial charge >= 0.3 is 6.18 Å². The van der Waals surface area contributed by atoms with Crippen molar-refractivity contribution in [2.24, 2.45) is 0 Å². The molecule has 2 amide bonds. The molecule has 2 aromatic carbocycles. The van der Waals surface area contributed by atoms with Crippen molar-refractivity contribution >= 4 is 34.9 Å². The Labute approximate surface area is 210 Å². The number of piperazine rings is 1. The predicted molar refractivity (Wildman–Crippen MR) is 129 cm³/mol. The first-order valence-electron chi connectivity index (χ1n) is 11.0. The average molecular weight is 519 g/mol. The minimum atomic E-state index is -4.44. The van der Waals surface area contributed by atoms with E-state index in [1.165, 1.54) is 18.3 Å². The molecule has 1 fully saturated rings. The van der Waals surface area contributed by atoms with Gasteiger partial charge in [0.1, 0.15) is 11.6 Å². The van der Waals surface area contributed by atoms with E-state index in [4.69, 9.17) is 16.3 Å². The second-order valence-corrected chi connectivity index (χ2v) is 8.49. The number of carbonyl (C=O) groups is 2. The van der Waals surface area contributed by atoms with Crippen LogP contribution in [0.2, 0.25) is 5.02 Å². The fourth-order valence-corrected chi connectivity index (χ4v) is 3.77. The first kappa shape index (κ1) is 25.3. The molecular weight excluding hydrogens is 497 g/mol. The van der Waals surface area contributed by atoms with Crippen LogP contribution in [0, 0.1) is 0 Å². The van der Waals surface area contributed by atoms with E-state index in [1.54, 1.807) is 41.3 Å². The maximum Gasteiger partial charge on any atom is 0.416 e. The Morgan fingerprint density at radius 3 is 2.19 bits per heavy atom. The van der Waals surface area contributed by atoms with Crippen LogP contribution in [0.1, 0.15) is 15.9 Å². The van der Waals surface area contributed by atoms with Crippen LogP contribution in [0.5, 0.6) is 5.75 Å². The number of benzene rings is 2. The molecule has 0 aliphatic carbocycles. The molecule has 0 spiro atoms. The highest BCUT2D eigenvalue weighted by molar-refractivity contribution is 6.30. The van der Waals surface area contributed by atoms with Crippen LogP contribution < -0.4 is 15.0 Å². The smallest absolute Gasteiger partial charge is 0.416 e. The topological polar surface area (TPSA) is 74.8 Å². The summed E-state index contributed by atoms with van der Waals surface area (Å²) in [5.41, 5.74) is -0.0575. The summed E-state index contributed by atoms with van der Waals surface area (Å²) in [4.78, 5) is 32.8. The van der Waals surface area contributed by atoms with Crippen molar-refractivity contribution in [1.29, 1.82) is 0 Å². The number of ether oxygens (including phenoxy) is 1. The molecule has 0 unspecified atom stereocenters. The predicted octanol–water partition coefficient (Wildman–Crippen LogP) is 4.73. The Morgan fingerprint density at radius 1 is 0.944 bits per heavy atom. The quantitative estimate of drug-likeness (QED) is 0.510. The molecule has 4 rings (SSSR count). The fourth-order valence-electron chi connectivity index (χ4n) is 3.65. The van der Waals surface area contributed by atoms with Crippen LogP contribution in [0.15, 0.2) is 66.9 Å². The molecule has 1 saturated heterocycles. The van der Waals surface area contributed by atoms with Gasteiger partial charge in [-0.1, -0.05) is 11.6 Å². The summed E-state index contributed by atoms with van der Waals surface area (Å²) in [6.07, 6.45) is -2.90. The number of rotatable bonds is 6. The Bertz CT molecular complexity index is 1200. The molecule has 3 aromatic rings. The van der Waals surface area contributed by atoms with Crippen molar-refractivity contribution in [3.63, 3.8) is 0 Å². The number of alkyl halides is 3. The molecule has 0 radical (unpaired) electrons. The third kappa shape index (κ3) is 6.45. The second kappa shape index (κ2) is 10.9. The van der Waals surface area contributed by atoms with Gasteiger partial charge in [0.05, 0.1) is 17.4 Å². The zero-order chi connectivity index (χ0) is 25.7. The zero-order valence-electron chi connectivity index (χ0n) is 19.0. The Hall–Kier alpha value is -3.79. The fraction of sp³-hybridized carbons (Fsp3) is 0.240. The number of aromatic nitrogens is 1. The molecule has 0 bridgehead atoms. The number of nitrogens with one attached hydrogen (secondary N) is 1. The molecular formula is C25H22ClF3N4O3. The molecule has 1 aromatic heterocycles. The van der Waals surface area contributed by atoms with Crippen molar-refractivity contribution in [2.75, 3.05) is 43.0 Å². The van der Waals surface area contributed by atoms with Crippen LogP contribution in [0.4, 0.5) is 24.7 Å². The van der Waals surface area contributed by atoms with E-state index < -0.39 is 11.7 Å². The van der Waals surface area contributed by atoms with E-state index in [0.29, 0.717) is 48.5 Å². The maximum atomic E-state index is 12.7. The highest BCUT2D eigenvalue weighted by Crippen LogP contribution is 2.29. The van der Waals surface area contributed by atoms with Gasteiger partial charge in [0.25, 0.3) is 11.8 Å². The minimum absolute atomic E-state index is 0.168. The van der Waals surface area contributed by atoms with E-state index in [9.17, 15) is 22.8 Å². The first-order valence-corrected chi connectivity index (χ1v) is 11.4. The van der Waals surface area contributed by atoms with Gasteiger partial charge in [-0.15, -0.1) is 0 Å². The molecule has 11 heteroatoms. The molecule has 0 atom stereocenters. The van der Waals surface area contributed by atoms with Crippen LogP contribution in [0.25, 0.3) is 0 Å². The van der Waals surface area contributed by atoms with Gasteiger partial charge in [-0.05, 0) is 60.7 Å². The van der Waals surface area contributed by atoms with E-state index in [1.807, 2.05) is 4.90 Å². The lowest BCUT2D eigenvalue weighted by Crippen LogP contribution is -2.49. The van der Waals surface area contributed by atoms with Gasteiger partial charge < -0.3 is 19.9 Å². The number of anilines is 2. The Balaban J connectivity index is 1.25. The number of hydrogen-bond donors (Lipinski definition) is 1. The summed E-state index contributed by atoms with van der Waals surface area (Å²) in [6, 6.07) is 14.4. The molecule has 0 saturated carbocycles. The number of halogens is 4. The summed E-state index contributed by atoms with van der Waals surface area (Å²) >= 11 is 5.82. The summed E-state index contributed by atoms with van der Waals surface area (Å²) in [6.45, 7) is 1.67. The van der Waals surface area contributed by atoms with Gasteiger partial charge in [-0.3, -0.25) is 9.59 Å². The van der Waals surface area contributed by atoms with Gasteiger partial charge in [0.15, 0.2) is 6.61 Å². The van der Waals surface area contributed by atoms with Gasteiger partial charge in [0.2, 0.25) is 0 Å². The molecule has 188 valence electrons. The van der Waals surface area contributed by atoms with Crippen LogP contribution in [0.3, 0.4) is 0 Å². The van der Waals surface area contributed by atoms with Crippen molar-refractivity contribution in [3.8, 4) is 5.75 Å². The Kier molecular flexibility index (Phi) is 7.64. The first-order chi connectivity index (χ1) is 17.2. The van der Waals surface area contributed by atoms with Crippen LogP contribution >= 0.6 is 11.6 Å². The third-order valence-corrected chi connectivity index (χ3v) is 5.82. The van der Waals surface area contributed by atoms with Gasteiger partial charge in [-0.25, -0.2) is 4.98 Å². The normalized spacial score (nSPS) is 13.9. The van der Waals surface area contributed by atoms with Crippen molar-refractivity contribution in [2.45, 2.75) is 6.18 Å². The SMILES string of the molecule is O=C(COc1ccc(Cl)cc1)Nc1ccc(N2CCN(C(=O)c3ccc(C(F)(F)F)cc3)CC2)nc1. The molecule has 7 nitrogen and oxygen atoms in total. The molecule has 1 N–H and O–H groups in total. The minimum Gasteiger partial charge on any atom is -0.484 e. The summed E-state index contributed by atoms with van der Waals surface area (Å²) in [7, 11) is 0. The lowest BCUT2D eigenvalue weighted by molar-refractivity contribution is -0.137.